The molecule has 1 amide bonds. The third-order valence-corrected chi connectivity index (χ3v) is 3.16. The molecule has 0 aliphatic rings. The number of anilines is 1. The molecule has 4 nitrogen and oxygen atoms in total. The molecule has 0 saturated heterocycles. The van der Waals surface area contributed by atoms with Crippen LogP contribution in [0.1, 0.15) is 21.5 Å². The number of carbonyl (C=O) groups is 1. The van der Waals surface area contributed by atoms with Gasteiger partial charge in [0.1, 0.15) is 6.26 Å². The van der Waals surface area contributed by atoms with Crippen molar-refractivity contribution in [3.05, 3.63) is 62.1 Å². The molecule has 0 unspecified atom stereocenters. The Hall–Kier alpha value is -1.88. The van der Waals surface area contributed by atoms with Gasteiger partial charge in [0, 0.05) is 16.2 Å². The molecule has 19 heavy (non-hydrogen) atoms. The van der Waals surface area contributed by atoms with E-state index in [1.807, 2.05) is 26.0 Å². The van der Waals surface area contributed by atoms with Gasteiger partial charge in [-0.25, -0.2) is 4.79 Å². The highest BCUT2D eigenvalue weighted by molar-refractivity contribution is 9.10. The van der Waals surface area contributed by atoms with Crippen LogP contribution in [-0.4, -0.2) is 5.91 Å². The van der Waals surface area contributed by atoms with E-state index in [-0.39, 0.29) is 5.91 Å². The molecule has 1 heterocycles. The summed E-state index contributed by atoms with van der Waals surface area (Å²) in [6, 6.07) is 6.50. The first-order chi connectivity index (χ1) is 8.97. The molecule has 0 spiro atoms. The largest absolute Gasteiger partial charge is 0.430 e. The molecular weight excluding hydrogens is 310 g/mol. The van der Waals surface area contributed by atoms with Crippen molar-refractivity contribution < 1.29 is 9.21 Å². The molecule has 0 bridgehead atoms. The lowest BCUT2D eigenvalue weighted by molar-refractivity contribution is 0.102. The maximum absolute atomic E-state index is 12.0. The summed E-state index contributed by atoms with van der Waals surface area (Å²) < 4.78 is 5.64. The summed E-state index contributed by atoms with van der Waals surface area (Å²) in [4.78, 5) is 22.9. The number of carbonyl (C=O) groups excluding carboxylic acids is 1. The van der Waals surface area contributed by atoms with Gasteiger partial charge in [-0.15, -0.1) is 0 Å². The van der Waals surface area contributed by atoms with E-state index in [1.54, 1.807) is 0 Å². The third-order valence-electron chi connectivity index (χ3n) is 2.70. The highest BCUT2D eigenvalue weighted by atomic mass is 79.9. The smallest absolute Gasteiger partial charge is 0.335 e. The molecule has 2 aromatic rings. The Labute approximate surface area is 118 Å². The number of rotatable bonds is 2. The maximum Gasteiger partial charge on any atom is 0.335 e. The van der Waals surface area contributed by atoms with Crippen LogP contribution in [0.4, 0.5) is 5.69 Å². The van der Waals surface area contributed by atoms with Crippen molar-refractivity contribution in [2.24, 2.45) is 0 Å². The summed E-state index contributed by atoms with van der Waals surface area (Å²) in [7, 11) is 0. The molecular formula is C14H12BrNO3. The van der Waals surface area contributed by atoms with E-state index in [2.05, 4.69) is 25.7 Å². The van der Waals surface area contributed by atoms with E-state index < -0.39 is 5.63 Å². The molecule has 5 heteroatoms. The number of aryl methyl sites for hydroxylation is 2. The zero-order valence-electron chi connectivity index (χ0n) is 10.5. The fourth-order valence-electron chi connectivity index (χ4n) is 1.78. The van der Waals surface area contributed by atoms with Gasteiger partial charge in [0.15, 0.2) is 0 Å². The molecule has 0 aliphatic heterocycles. The topological polar surface area (TPSA) is 59.3 Å². The van der Waals surface area contributed by atoms with Crippen LogP contribution in [0.3, 0.4) is 0 Å². The first-order valence-electron chi connectivity index (χ1n) is 5.64. The van der Waals surface area contributed by atoms with Gasteiger partial charge in [0.05, 0.1) is 5.56 Å². The zero-order valence-corrected chi connectivity index (χ0v) is 12.1. The zero-order chi connectivity index (χ0) is 14.0. The van der Waals surface area contributed by atoms with Crippen molar-refractivity contribution in [1.82, 2.24) is 0 Å². The minimum absolute atomic E-state index is 0.307. The molecule has 1 aromatic heterocycles. The van der Waals surface area contributed by atoms with Crippen LogP contribution in [0.2, 0.25) is 0 Å². The molecule has 1 aromatic carbocycles. The van der Waals surface area contributed by atoms with E-state index >= 15 is 0 Å². The monoisotopic (exact) mass is 321 g/mol. The number of nitrogens with one attached hydrogen (secondary N) is 1. The molecule has 0 aliphatic carbocycles. The van der Waals surface area contributed by atoms with Gasteiger partial charge < -0.3 is 9.73 Å². The van der Waals surface area contributed by atoms with Crippen molar-refractivity contribution in [2.45, 2.75) is 13.8 Å². The minimum atomic E-state index is -0.479. The highest BCUT2D eigenvalue weighted by Gasteiger charge is 2.11. The van der Waals surface area contributed by atoms with Crippen LogP contribution < -0.4 is 10.9 Å². The van der Waals surface area contributed by atoms with Crippen LogP contribution >= 0.6 is 15.9 Å². The van der Waals surface area contributed by atoms with Crippen LogP contribution in [0.5, 0.6) is 0 Å². The van der Waals surface area contributed by atoms with Crippen LogP contribution in [0.25, 0.3) is 0 Å². The first-order valence-corrected chi connectivity index (χ1v) is 6.43. The van der Waals surface area contributed by atoms with E-state index in [0.717, 1.165) is 27.6 Å². The van der Waals surface area contributed by atoms with Gasteiger partial charge in [-0.2, -0.15) is 0 Å². The summed E-state index contributed by atoms with van der Waals surface area (Å²) in [5.74, 6) is -0.308. The number of benzene rings is 1. The van der Waals surface area contributed by atoms with Crippen LogP contribution in [-0.2, 0) is 0 Å². The summed E-state index contributed by atoms with van der Waals surface area (Å²) in [6.07, 6.45) is 1.15. The van der Waals surface area contributed by atoms with Gasteiger partial charge in [-0.05, 0) is 43.2 Å². The van der Waals surface area contributed by atoms with Crippen molar-refractivity contribution in [1.29, 1.82) is 0 Å². The van der Waals surface area contributed by atoms with E-state index in [1.165, 1.54) is 12.1 Å². The van der Waals surface area contributed by atoms with E-state index in [0.29, 0.717) is 5.56 Å². The molecule has 0 atom stereocenters. The highest BCUT2D eigenvalue weighted by Crippen LogP contribution is 2.25. The minimum Gasteiger partial charge on any atom is -0.430 e. The molecule has 0 saturated carbocycles. The number of amides is 1. The summed E-state index contributed by atoms with van der Waals surface area (Å²) in [5.41, 5.74) is 2.50. The lowest BCUT2D eigenvalue weighted by atomic mass is 10.1. The molecule has 1 N–H and O–H groups in total. The lowest BCUT2D eigenvalue weighted by Gasteiger charge is -2.12. The van der Waals surface area contributed by atoms with Crippen molar-refractivity contribution in [2.75, 3.05) is 5.32 Å². The Kier molecular flexibility index (Phi) is 3.85. The lowest BCUT2D eigenvalue weighted by Crippen LogP contribution is -2.14. The van der Waals surface area contributed by atoms with Crippen LogP contribution in [0.15, 0.2) is 44.2 Å². The molecule has 0 radical (unpaired) electrons. The predicted molar refractivity (Wildman–Crippen MR) is 76.5 cm³/mol. The quantitative estimate of drug-likeness (QED) is 0.923. The van der Waals surface area contributed by atoms with Crippen molar-refractivity contribution in [3.8, 4) is 0 Å². The standard InChI is InChI=1S/C14H12BrNO3/c1-8-5-11(15)6-9(2)13(8)16-14(18)10-3-4-12(17)19-7-10/h3-7H,1-2H3,(H,16,18). The second kappa shape index (κ2) is 5.40. The van der Waals surface area contributed by atoms with Gasteiger partial charge in [0.2, 0.25) is 0 Å². The van der Waals surface area contributed by atoms with Gasteiger partial charge in [-0.1, -0.05) is 15.9 Å². The van der Waals surface area contributed by atoms with Gasteiger partial charge in [-0.3, -0.25) is 4.79 Å². The second-order valence-corrected chi connectivity index (χ2v) is 5.13. The normalized spacial score (nSPS) is 10.3. The predicted octanol–water partition coefficient (Wildman–Crippen LogP) is 3.27. The number of hydrogen-bond acceptors (Lipinski definition) is 3. The Morgan fingerprint density at radius 2 is 1.84 bits per heavy atom. The van der Waals surface area contributed by atoms with Gasteiger partial charge in [0.25, 0.3) is 5.91 Å². The maximum atomic E-state index is 12.0. The fraction of sp³-hybridized carbons (Fsp3) is 0.143. The first kappa shape index (κ1) is 13.5. The fourth-order valence-corrected chi connectivity index (χ4v) is 2.47. The van der Waals surface area contributed by atoms with Crippen molar-refractivity contribution in [3.63, 3.8) is 0 Å². The Balaban J connectivity index is 2.29. The SMILES string of the molecule is Cc1cc(Br)cc(C)c1NC(=O)c1ccc(=O)oc1. The Bertz CT molecular complexity index is 648. The van der Waals surface area contributed by atoms with E-state index in [9.17, 15) is 9.59 Å². The Morgan fingerprint density at radius 3 is 2.37 bits per heavy atom. The van der Waals surface area contributed by atoms with Gasteiger partial charge >= 0.3 is 5.63 Å². The van der Waals surface area contributed by atoms with Crippen molar-refractivity contribution >= 4 is 27.5 Å². The number of hydrogen-bond donors (Lipinski definition) is 1. The number of halogens is 1. The molecule has 2 rings (SSSR count). The molecule has 98 valence electrons. The molecule has 0 fully saturated rings. The third kappa shape index (κ3) is 3.12. The van der Waals surface area contributed by atoms with Crippen LogP contribution in [0, 0.1) is 13.8 Å². The summed E-state index contributed by atoms with van der Waals surface area (Å²) in [6.45, 7) is 3.83. The second-order valence-electron chi connectivity index (χ2n) is 4.21. The average Bonchev–Trinajstić information content (AvgIpc) is 2.34. The summed E-state index contributed by atoms with van der Waals surface area (Å²) >= 11 is 3.40. The Morgan fingerprint density at radius 1 is 1.21 bits per heavy atom. The summed E-state index contributed by atoms with van der Waals surface area (Å²) in [5, 5.41) is 2.82. The van der Waals surface area contributed by atoms with E-state index in [4.69, 9.17) is 0 Å². The average molecular weight is 322 g/mol.